The van der Waals surface area contributed by atoms with E-state index in [2.05, 4.69) is 17.1 Å². The number of thioether (sulfide) groups is 1. The zero-order valence-electron chi connectivity index (χ0n) is 17.3. The van der Waals surface area contributed by atoms with Gasteiger partial charge in [-0.25, -0.2) is 4.39 Å². The number of carbonyl (C=O) groups is 2. The van der Waals surface area contributed by atoms with Crippen LogP contribution < -0.4 is 9.77 Å². The van der Waals surface area contributed by atoms with Crippen LogP contribution in [-0.2, 0) is 9.59 Å². The summed E-state index contributed by atoms with van der Waals surface area (Å²) in [7, 11) is 0. The number of halogens is 1. The van der Waals surface area contributed by atoms with Gasteiger partial charge in [-0.2, -0.15) is 0 Å². The van der Waals surface area contributed by atoms with E-state index in [-0.39, 0.29) is 57.4 Å². The highest BCUT2D eigenvalue weighted by Gasteiger charge is 2.69. The fourth-order valence-corrected chi connectivity index (χ4v) is 9.78. The number of rotatable bonds is 2. The van der Waals surface area contributed by atoms with E-state index in [0.717, 1.165) is 21.9 Å². The number of aromatic nitrogens is 1. The highest BCUT2D eigenvalue weighted by atomic mass is 32.2. The van der Waals surface area contributed by atoms with Gasteiger partial charge in [-0.05, 0) is 54.0 Å². The molecule has 7 atom stereocenters. The van der Waals surface area contributed by atoms with Gasteiger partial charge in [0.05, 0.1) is 22.5 Å². The number of nitrogens with zero attached hydrogens (tertiary/aromatic N) is 1. The molecule has 2 saturated carbocycles. The Balaban J connectivity index is 1.33. The summed E-state index contributed by atoms with van der Waals surface area (Å²) in [5.74, 6) is -1.03. The number of amides is 2. The molecular formula is C25H19FN2O3S2. The van der Waals surface area contributed by atoms with Crippen molar-refractivity contribution in [2.24, 2.45) is 29.6 Å². The number of benzene rings is 2. The summed E-state index contributed by atoms with van der Waals surface area (Å²) in [4.78, 5) is 44.6. The zero-order chi connectivity index (χ0) is 22.4. The SMILES string of the molecule is O=C1[C@@H]2[C@H]3C[C@@H]([C@H]4Sc5[nH]c(=O)sc5[C@@H](c5ccccc5)[C@@H]34)[C@H]2C(=O)N1c1ccc(F)cc1. The molecule has 3 aromatic rings. The Bertz CT molecular complexity index is 1350. The molecule has 2 aromatic carbocycles. The van der Waals surface area contributed by atoms with Gasteiger partial charge in [0.25, 0.3) is 0 Å². The van der Waals surface area contributed by atoms with E-state index in [1.165, 1.54) is 40.5 Å². The minimum absolute atomic E-state index is 0.0372. The largest absolute Gasteiger partial charge is 0.307 e. The lowest BCUT2D eigenvalue weighted by Crippen LogP contribution is -2.42. The van der Waals surface area contributed by atoms with Crippen molar-refractivity contribution >= 4 is 40.6 Å². The Labute approximate surface area is 197 Å². The lowest BCUT2D eigenvalue weighted by atomic mass is 9.68. The first-order valence-corrected chi connectivity index (χ1v) is 12.8. The van der Waals surface area contributed by atoms with Gasteiger partial charge < -0.3 is 4.98 Å². The molecule has 0 radical (unpaired) electrons. The third kappa shape index (κ3) is 2.62. The molecule has 1 N–H and O–H groups in total. The van der Waals surface area contributed by atoms with Crippen molar-refractivity contribution in [3.8, 4) is 0 Å². The number of nitrogens with one attached hydrogen (secondary N) is 1. The summed E-state index contributed by atoms with van der Waals surface area (Å²) >= 11 is 2.95. The van der Waals surface area contributed by atoms with Crippen molar-refractivity contribution in [3.05, 3.63) is 80.5 Å². The lowest BCUT2D eigenvalue weighted by molar-refractivity contribution is -0.123. The molecule has 4 aliphatic rings. The van der Waals surface area contributed by atoms with Crippen LogP contribution in [0, 0.1) is 35.4 Å². The standard InChI is InChI=1S/C25H19FN2O3S2/c26-12-6-8-13(9-7-12)28-23(29)18-14-10-15(19(18)24(28)30)20-17(14)16(11-4-2-1-3-5-11)21-22(32-20)27-25(31)33-21/h1-9,14-20H,10H2,(H,27,31)/t14-,15+,16-,17+,18+,19+,20+/m0/s1. The van der Waals surface area contributed by atoms with Gasteiger partial charge >= 0.3 is 4.87 Å². The molecule has 5 nitrogen and oxygen atoms in total. The number of H-pyrrole nitrogens is 1. The normalized spacial score (nSPS) is 33.8. The first-order valence-electron chi connectivity index (χ1n) is 11.1. The maximum atomic E-state index is 13.6. The Hall–Kier alpha value is -2.71. The molecule has 1 aromatic heterocycles. The number of thiazole rings is 1. The molecule has 0 unspecified atom stereocenters. The number of aromatic amines is 1. The molecule has 166 valence electrons. The number of fused-ring (bicyclic) bond motifs is 9. The Kier molecular flexibility index (Phi) is 4.13. The second-order valence-electron chi connectivity index (χ2n) is 9.36. The highest BCUT2D eigenvalue weighted by Crippen LogP contribution is 2.68. The minimum atomic E-state index is -0.397. The quantitative estimate of drug-likeness (QED) is 0.559. The molecular weight excluding hydrogens is 459 g/mol. The van der Waals surface area contributed by atoms with E-state index in [0.29, 0.717) is 5.69 Å². The van der Waals surface area contributed by atoms with E-state index in [1.807, 2.05) is 18.2 Å². The van der Waals surface area contributed by atoms with Gasteiger partial charge in [0.2, 0.25) is 11.8 Å². The summed E-state index contributed by atoms with van der Waals surface area (Å²) in [6.45, 7) is 0. The predicted octanol–water partition coefficient (Wildman–Crippen LogP) is 4.25. The number of imide groups is 1. The third-order valence-corrected chi connectivity index (χ3v) is 10.6. The molecule has 3 heterocycles. The van der Waals surface area contributed by atoms with E-state index in [4.69, 9.17) is 0 Å². The minimum Gasteiger partial charge on any atom is -0.307 e. The van der Waals surface area contributed by atoms with Crippen molar-refractivity contribution < 1.29 is 14.0 Å². The third-order valence-electron chi connectivity index (χ3n) is 7.97. The van der Waals surface area contributed by atoms with Crippen molar-refractivity contribution in [1.82, 2.24) is 4.98 Å². The molecule has 2 aliphatic carbocycles. The summed E-state index contributed by atoms with van der Waals surface area (Å²) in [5, 5.41) is 1.08. The monoisotopic (exact) mass is 478 g/mol. The average molecular weight is 479 g/mol. The second kappa shape index (κ2) is 6.90. The van der Waals surface area contributed by atoms with Crippen LogP contribution in [0.25, 0.3) is 0 Å². The average Bonchev–Trinajstić information content (AvgIpc) is 3.54. The summed E-state index contributed by atoms with van der Waals surface area (Å²) in [6, 6.07) is 15.8. The van der Waals surface area contributed by atoms with E-state index in [9.17, 15) is 18.8 Å². The van der Waals surface area contributed by atoms with Gasteiger partial charge in [-0.1, -0.05) is 41.7 Å². The fourth-order valence-electron chi connectivity index (χ4n) is 6.90. The van der Waals surface area contributed by atoms with E-state index >= 15 is 0 Å². The van der Waals surface area contributed by atoms with Gasteiger partial charge in [-0.3, -0.25) is 19.3 Å². The molecule has 33 heavy (non-hydrogen) atoms. The van der Waals surface area contributed by atoms with Crippen LogP contribution in [0.3, 0.4) is 0 Å². The van der Waals surface area contributed by atoms with Crippen molar-refractivity contribution in [2.75, 3.05) is 4.90 Å². The first-order chi connectivity index (χ1) is 16.0. The number of hydrogen-bond acceptors (Lipinski definition) is 5. The maximum absolute atomic E-state index is 13.6. The van der Waals surface area contributed by atoms with Crippen LogP contribution in [0.2, 0.25) is 0 Å². The number of anilines is 1. The van der Waals surface area contributed by atoms with Gasteiger partial charge in [0.15, 0.2) is 0 Å². The van der Waals surface area contributed by atoms with Crippen molar-refractivity contribution in [2.45, 2.75) is 22.6 Å². The maximum Gasteiger partial charge on any atom is 0.305 e. The Morgan fingerprint density at radius 3 is 2.33 bits per heavy atom. The molecule has 1 saturated heterocycles. The van der Waals surface area contributed by atoms with Crippen LogP contribution in [0.1, 0.15) is 22.8 Å². The topological polar surface area (TPSA) is 70.2 Å². The molecule has 0 spiro atoms. The molecule has 2 bridgehead atoms. The molecule has 3 fully saturated rings. The molecule has 2 aliphatic heterocycles. The summed E-state index contributed by atoms with van der Waals surface area (Å²) in [5.41, 5.74) is 1.60. The van der Waals surface area contributed by atoms with Crippen LogP contribution in [0.15, 0.2) is 64.4 Å². The van der Waals surface area contributed by atoms with Gasteiger partial charge in [0.1, 0.15) is 5.82 Å². The van der Waals surface area contributed by atoms with Gasteiger partial charge in [-0.15, -0.1) is 11.8 Å². The van der Waals surface area contributed by atoms with E-state index in [1.54, 1.807) is 11.8 Å². The predicted molar refractivity (Wildman–Crippen MR) is 124 cm³/mol. The van der Waals surface area contributed by atoms with Crippen molar-refractivity contribution in [3.63, 3.8) is 0 Å². The van der Waals surface area contributed by atoms with Gasteiger partial charge in [0, 0.05) is 16.0 Å². The van der Waals surface area contributed by atoms with Crippen molar-refractivity contribution in [1.29, 1.82) is 0 Å². The number of carbonyl (C=O) groups excluding carboxylic acids is 2. The second-order valence-corrected chi connectivity index (χ2v) is 11.6. The molecule has 7 rings (SSSR count). The Morgan fingerprint density at radius 1 is 0.909 bits per heavy atom. The van der Waals surface area contributed by atoms with Crippen LogP contribution >= 0.6 is 23.1 Å². The number of hydrogen-bond donors (Lipinski definition) is 1. The summed E-state index contributed by atoms with van der Waals surface area (Å²) in [6.07, 6.45) is 0.856. The smallest absolute Gasteiger partial charge is 0.305 e. The van der Waals surface area contributed by atoms with Crippen LogP contribution in [0.4, 0.5) is 10.1 Å². The van der Waals surface area contributed by atoms with E-state index < -0.39 is 5.82 Å². The molecule has 8 heteroatoms. The molecule has 2 amide bonds. The lowest BCUT2D eigenvalue weighted by Gasteiger charge is -2.43. The van der Waals surface area contributed by atoms with Crippen LogP contribution in [0.5, 0.6) is 0 Å². The van der Waals surface area contributed by atoms with Crippen LogP contribution in [-0.4, -0.2) is 22.0 Å². The zero-order valence-corrected chi connectivity index (χ0v) is 18.9. The highest BCUT2D eigenvalue weighted by molar-refractivity contribution is 8.00. The fraction of sp³-hybridized carbons (Fsp3) is 0.320. The Morgan fingerprint density at radius 2 is 1.61 bits per heavy atom. The first kappa shape index (κ1) is 19.7. The summed E-state index contributed by atoms with van der Waals surface area (Å²) < 4.78 is 13.5.